The van der Waals surface area contributed by atoms with Gasteiger partial charge in [-0.2, -0.15) is 0 Å². The molecular weight excluding hydrogens is 187 g/mol. The Morgan fingerprint density at radius 2 is 1.50 bits per heavy atom. The zero-order valence-corrected chi connectivity index (χ0v) is 8.86. The van der Waals surface area contributed by atoms with Crippen molar-refractivity contribution >= 4 is 23.2 Å². The van der Waals surface area contributed by atoms with E-state index in [1.807, 2.05) is 6.07 Å². The van der Waals surface area contributed by atoms with Crippen molar-refractivity contribution in [2.45, 2.75) is 13.8 Å². The predicted molar refractivity (Wildman–Crippen MR) is 57.2 cm³/mol. The van der Waals surface area contributed by atoms with Crippen LogP contribution in [0.15, 0.2) is 41.0 Å². The fourth-order valence-corrected chi connectivity index (χ4v) is 5.22. The van der Waals surface area contributed by atoms with Crippen molar-refractivity contribution in [3.63, 3.8) is 0 Å². The van der Waals surface area contributed by atoms with Crippen molar-refractivity contribution < 1.29 is 0 Å². The summed E-state index contributed by atoms with van der Waals surface area (Å²) in [4.78, 5) is 0. The fourth-order valence-electron chi connectivity index (χ4n) is 1.48. The Morgan fingerprint density at radius 3 is 1.92 bits per heavy atom. The minimum Gasteiger partial charge on any atom is -0.0620 e. The molecule has 0 saturated carbocycles. The van der Waals surface area contributed by atoms with Gasteiger partial charge in [0.1, 0.15) is 27.2 Å². The predicted octanol–water partition coefficient (Wildman–Crippen LogP) is 3.75. The largest absolute Gasteiger partial charge is 0.208 e. The molecule has 1 aromatic carbocycles. The first-order valence-electron chi connectivity index (χ1n) is 4.00. The Morgan fingerprint density at radius 1 is 1.00 bits per heavy atom. The molecule has 0 N–H and O–H groups in total. The average molecular weight is 198 g/mol. The van der Waals surface area contributed by atoms with Gasteiger partial charge in [0.2, 0.25) is 6.62 Å². The second-order valence-corrected chi connectivity index (χ2v) is 7.65. The number of rotatable bonds is 1. The molecule has 62 valence electrons. The van der Waals surface area contributed by atoms with Crippen LogP contribution in [-0.4, -0.2) is 0 Å². The van der Waals surface area contributed by atoms with Gasteiger partial charge in [0.15, 0.2) is 0 Å². The molecule has 0 radical (unpaired) electrons. The zero-order chi connectivity index (χ0) is 8.77. The highest BCUT2D eigenvalue weighted by Gasteiger charge is 2.60. The molecule has 1 aromatic rings. The van der Waals surface area contributed by atoms with E-state index in [-0.39, 0.29) is 0 Å². The average Bonchev–Trinajstić information content (AvgIpc) is 2.60. The van der Waals surface area contributed by atoms with Gasteiger partial charge in [0, 0.05) is 0 Å². The fraction of sp³-hybridized carbons (Fsp3) is 0.200. The third-order valence-electron chi connectivity index (χ3n) is 2.51. The number of halogens is 1. The normalized spacial score (nSPS) is 19.6. The van der Waals surface area contributed by atoms with Crippen molar-refractivity contribution in [2.75, 3.05) is 0 Å². The maximum absolute atomic E-state index is 6.51. The topological polar surface area (TPSA) is 0 Å². The highest BCUT2D eigenvalue weighted by Crippen LogP contribution is 2.88. The first kappa shape index (κ1) is 8.29. The Bertz CT molecular complexity index is 328. The van der Waals surface area contributed by atoms with E-state index >= 15 is 0 Å². The van der Waals surface area contributed by atoms with Gasteiger partial charge in [-0.3, -0.25) is 0 Å². The number of hydrogen-bond donors (Lipinski definition) is 0. The zero-order valence-electron chi connectivity index (χ0n) is 7.21. The van der Waals surface area contributed by atoms with E-state index < -0.39 is 6.62 Å². The molecule has 0 atom stereocenters. The van der Waals surface area contributed by atoms with Crippen molar-refractivity contribution in [1.82, 2.24) is 0 Å². The molecule has 0 spiro atoms. The van der Waals surface area contributed by atoms with Crippen LogP contribution in [-0.2, 0) is 0 Å². The molecular formula is C10H11ClP+. The van der Waals surface area contributed by atoms with Crippen LogP contribution in [0.2, 0.25) is 0 Å². The standard InChI is InChI=1S/C10H11ClP/c1-8-9(2)12(8,11)10-6-4-3-5-7-10/h3-7H,1-2H3/q+1. The molecule has 1 aliphatic rings. The number of hydrogen-bond acceptors (Lipinski definition) is 0. The van der Waals surface area contributed by atoms with Gasteiger partial charge in [-0.05, 0) is 26.0 Å². The van der Waals surface area contributed by atoms with Crippen LogP contribution in [0, 0.1) is 0 Å². The van der Waals surface area contributed by atoms with Gasteiger partial charge in [-0.1, -0.05) is 18.2 Å². The summed E-state index contributed by atoms with van der Waals surface area (Å²) < 4.78 is 0. The number of allylic oxidation sites excluding steroid dienone is 2. The van der Waals surface area contributed by atoms with E-state index in [0.29, 0.717) is 0 Å². The maximum Gasteiger partial charge on any atom is 0.208 e. The molecule has 0 aliphatic carbocycles. The summed E-state index contributed by atoms with van der Waals surface area (Å²) in [6.07, 6.45) is 0. The minimum absolute atomic E-state index is 1.31. The molecule has 0 nitrogen and oxygen atoms in total. The third kappa shape index (κ3) is 0.952. The van der Waals surface area contributed by atoms with Crippen LogP contribution in [0.25, 0.3) is 0 Å². The molecule has 2 heteroatoms. The van der Waals surface area contributed by atoms with Crippen LogP contribution in [0.1, 0.15) is 13.8 Å². The van der Waals surface area contributed by atoms with Gasteiger partial charge < -0.3 is 0 Å². The van der Waals surface area contributed by atoms with Crippen molar-refractivity contribution in [2.24, 2.45) is 0 Å². The summed E-state index contributed by atoms with van der Waals surface area (Å²) in [5.41, 5.74) is 0. The summed E-state index contributed by atoms with van der Waals surface area (Å²) in [7, 11) is 0. The van der Waals surface area contributed by atoms with Gasteiger partial charge in [-0.25, -0.2) is 0 Å². The summed E-state index contributed by atoms with van der Waals surface area (Å²) in [5, 5.41) is 4.13. The van der Waals surface area contributed by atoms with Crippen LogP contribution in [0.5, 0.6) is 0 Å². The van der Waals surface area contributed by atoms with Crippen molar-refractivity contribution in [3.05, 3.63) is 41.0 Å². The Labute approximate surface area is 78.4 Å². The van der Waals surface area contributed by atoms with E-state index in [9.17, 15) is 0 Å². The van der Waals surface area contributed by atoms with Crippen LogP contribution in [0.3, 0.4) is 0 Å². The summed E-state index contributed by atoms with van der Waals surface area (Å²) in [6, 6.07) is 10.4. The monoisotopic (exact) mass is 197 g/mol. The second kappa shape index (κ2) is 2.58. The van der Waals surface area contributed by atoms with E-state index in [2.05, 4.69) is 38.1 Å². The van der Waals surface area contributed by atoms with Crippen LogP contribution >= 0.6 is 17.9 Å². The minimum atomic E-state index is -1.39. The lowest BCUT2D eigenvalue weighted by Gasteiger charge is -1.98. The quantitative estimate of drug-likeness (QED) is 0.602. The van der Waals surface area contributed by atoms with Gasteiger partial charge in [0.05, 0.1) is 0 Å². The molecule has 0 bridgehead atoms. The summed E-state index contributed by atoms with van der Waals surface area (Å²) in [6.45, 7) is 2.89. The maximum atomic E-state index is 6.51. The number of benzene rings is 1. The smallest absolute Gasteiger partial charge is 0.0620 e. The summed E-state index contributed by atoms with van der Waals surface area (Å²) >= 11 is 6.51. The molecule has 12 heavy (non-hydrogen) atoms. The molecule has 0 aromatic heterocycles. The van der Waals surface area contributed by atoms with E-state index in [1.165, 1.54) is 15.9 Å². The lowest BCUT2D eigenvalue weighted by Crippen LogP contribution is -1.96. The highest BCUT2D eigenvalue weighted by atomic mass is 35.7. The Balaban J connectivity index is 2.36. The SMILES string of the molecule is CC1=C(C)[P+]1(Cl)c1ccccc1. The van der Waals surface area contributed by atoms with Gasteiger partial charge in [-0.15, -0.1) is 0 Å². The van der Waals surface area contributed by atoms with Crippen molar-refractivity contribution in [3.8, 4) is 0 Å². The lowest BCUT2D eigenvalue weighted by molar-refractivity contribution is 1.64. The van der Waals surface area contributed by atoms with E-state index in [4.69, 9.17) is 11.2 Å². The van der Waals surface area contributed by atoms with Crippen molar-refractivity contribution in [1.29, 1.82) is 0 Å². The molecule has 1 aliphatic heterocycles. The first-order valence-corrected chi connectivity index (χ1v) is 6.69. The molecule has 0 unspecified atom stereocenters. The van der Waals surface area contributed by atoms with E-state index in [1.54, 1.807) is 0 Å². The third-order valence-corrected chi connectivity index (χ3v) is 7.92. The molecule has 0 saturated heterocycles. The van der Waals surface area contributed by atoms with E-state index in [0.717, 1.165) is 0 Å². The Kier molecular flexibility index (Phi) is 1.78. The van der Waals surface area contributed by atoms with Gasteiger partial charge in [0.25, 0.3) is 0 Å². The lowest BCUT2D eigenvalue weighted by atomic mass is 10.4. The van der Waals surface area contributed by atoms with Crippen LogP contribution < -0.4 is 5.30 Å². The van der Waals surface area contributed by atoms with Crippen LogP contribution in [0.4, 0.5) is 0 Å². The molecule has 1 heterocycles. The molecule has 0 fully saturated rings. The highest BCUT2D eigenvalue weighted by molar-refractivity contribution is 8.15. The summed E-state index contributed by atoms with van der Waals surface area (Å²) in [5.74, 6) is 0. The van der Waals surface area contributed by atoms with Gasteiger partial charge >= 0.3 is 0 Å². The first-order chi connectivity index (χ1) is 5.67. The Hall–Kier alpha value is -0.320. The molecule has 2 rings (SSSR count). The second-order valence-electron chi connectivity index (χ2n) is 3.10. The molecule has 0 amide bonds.